The molecule has 0 amide bonds. The van der Waals surface area contributed by atoms with E-state index in [1.165, 1.54) is 66.6 Å². The molecule has 10 aromatic rings. The van der Waals surface area contributed by atoms with E-state index >= 15 is 0 Å². The predicted octanol–water partition coefficient (Wildman–Crippen LogP) is 19.1. The van der Waals surface area contributed by atoms with Crippen LogP contribution in [0, 0.1) is 41.5 Å². The van der Waals surface area contributed by atoms with Gasteiger partial charge in [-0.15, -0.1) is 0 Å². The van der Waals surface area contributed by atoms with Gasteiger partial charge in [0.2, 0.25) is 0 Å². The Morgan fingerprint density at radius 3 is 1.27 bits per heavy atom. The smallest absolute Gasteiger partial charge is 0.0541 e. The van der Waals surface area contributed by atoms with Crippen LogP contribution in [0.1, 0.15) is 51.6 Å². The summed E-state index contributed by atoms with van der Waals surface area (Å²) < 4.78 is 2.38. The van der Waals surface area contributed by atoms with Crippen molar-refractivity contribution in [3.05, 3.63) is 257 Å². The number of nitrogens with zero attached hydrogens (tertiary/aromatic N) is 3. The molecule has 3 nitrogen and oxygen atoms in total. The second-order valence-electron chi connectivity index (χ2n) is 18.6. The Balaban J connectivity index is 1.17. The molecule has 0 fully saturated rings. The molecule has 0 saturated carbocycles. The molecule has 0 aliphatic heterocycles. The van der Waals surface area contributed by atoms with Gasteiger partial charge in [-0.1, -0.05) is 150 Å². The molecular formula is C67H59N3. The van der Waals surface area contributed by atoms with Gasteiger partial charge < -0.3 is 14.4 Å². The molecule has 3 heteroatoms. The molecule has 0 spiro atoms. The van der Waals surface area contributed by atoms with Gasteiger partial charge in [0.1, 0.15) is 0 Å². The van der Waals surface area contributed by atoms with Crippen LogP contribution in [0.5, 0.6) is 0 Å². The number of hydrogen-bond donors (Lipinski definition) is 0. The molecule has 10 rings (SSSR count). The first-order chi connectivity index (χ1) is 34.1. The lowest BCUT2D eigenvalue weighted by Crippen LogP contribution is -2.10. The molecule has 0 aliphatic rings. The quantitative estimate of drug-likeness (QED) is 0.121. The summed E-state index contributed by atoms with van der Waals surface area (Å²) in [6.07, 6.45) is 6.30. The highest BCUT2D eigenvalue weighted by Crippen LogP contribution is 2.46. The summed E-state index contributed by atoms with van der Waals surface area (Å²) in [5.41, 5.74) is 25.6. The van der Waals surface area contributed by atoms with E-state index in [2.05, 4.69) is 282 Å². The molecule has 0 atom stereocenters. The van der Waals surface area contributed by atoms with Crippen LogP contribution in [0.25, 0.3) is 62.1 Å². The van der Waals surface area contributed by atoms with Crippen LogP contribution < -0.4 is 9.80 Å². The Hall–Kier alpha value is -8.40. The van der Waals surface area contributed by atoms with Crippen molar-refractivity contribution in [2.45, 2.75) is 48.5 Å². The molecule has 0 aliphatic carbocycles. The third kappa shape index (κ3) is 8.67. The fourth-order valence-electron chi connectivity index (χ4n) is 10.1. The summed E-state index contributed by atoms with van der Waals surface area (Å²) in [5.74, 6) is 0. The molecule has 0 bridgehead atoms. The largest absolute Gasteiger partial charge is 0.310 e. The van der Waals surface area contributed by atoms with Gasteiger partial charge in [0.25, 0.3) is 0 Å². The van der Waals surface area contributed by atoms with E-state index in [1.807, 2.05) is 6.08 Å². The van der Waals surface area contributed by atoms with E-state index in [1.54, 1.807) is 0 Å². The second kappa shape index (κ2) is 19.3. The number of hydrogen-bond acceptors (Lipinski definition) is 2. The lowest BCUT2D eigenvalue weighted by atomic mass is 9.85. The van der Waals surface area contributed by atoms with Gasteiger partial charge in [-0.3, -0.25) is 0 Å². The fraction of sp³-hybridized carbons (Fsp3) is 0.104. The third-order valence-corrected chi connectivity index (χ3v) is 13.6. The van der Waals surface area contributed by atoms with Gasteiger partial charge in [0, 0.05) is 50.8 Å². The number of aromatic nitrogens is 1. The predicted molar refractivity (Wildman–Crippen MR) is 302 cm³/mol. The molecule has 1 aromatic heterocycles. The highest BCUT2D eigenvalue weighted by molar-refractivity contribution is 5.99. The van der Waals surface area contributed by atoms with Gasteiger partial charge in [-0.05, 0) is 190 Å². The number of benzene rings is 9. The first-order valence-electron chi connectivity index (χ1n) is 24.3. The Bertz CT molecular complexity index is 3300. The SMILES string of the molecule is C=Cc1c(/C=C\C)n(-c2cccc(-c3c(-c4ccc(N(c5ccc(C)cc5)c5ccc(C)cc5)cc4C)cccc3-c3ccc(N(c4ccc(C)cc4)c4ccc(C)cc4)cc3C)c2)c2ccccc12. The van der Waals surface area contributed by atoms with Gasteiger partial charge in [0.05, 0.1) is 11.2 Å². The van der Waals surface area contributed by atoms with Gasteiger partial charge in [0.15, 0.2) is 0 Å². The highest BCUT2D eigenvalue weighted by Gasteiger charge is 2.22. The number of para-hydroxylation sites is 1. The van der Waals surface area contributed by atoms with Crippen molar-refractivity contribution >= 4 is 57.2 Å². The molecule has 0 radical (unpaired) electrons. The monoisotopic (exact) mass is 905 g/mol. The second-order valence-corrected chi connectivity index (χ2v) is 18.6. The average Bonchev–Trinajstić information content (AvgIpc) is 3.69. The van der Waals surface area contributed by atoms with Crippen molar-refractivity contribution in [3.63, 3.8) is 0 Å². The normalized spacial score (nSPS) is 11.4. The zero-order valence-corrected chi connectivity index (χ0v) is 41.3. The maximum Gasteiger partial charge on any atom is 0.0541 e. The first-order valence-corrected chi connectivity index (χ1v) is 24.3. The van der Waals surface area contributed by atoms with Gasteiger partial charge >= 0.3 is 0 Å². The average molecular weight is 906 g/mol. The lowest BCUT2D eigenvalue weighted by molar-refractivity contribution is 1.11. The number of fused-ring (bicyclic) bond motifs is 1. The molecule has 70 heavy (non-hydrogen) atoms. The molecule has 0 N–H and O–H groups in total. The van der Waals surface area contributed by atoms with Crippen LogP contribution in [0.15, 0.2) is 213 Å². The minimum absolute atomic E-state index is 1.09. The summed E-state index contributed by atoms with van der Waals surface area (Å²) >= 11 is 0. The Kier molecular flexibility index (Phi) is 12.5. The third-order valence-electron chi connectivity index (χ3n) is 13.6. The Morgan fingerprint density at radius 2 is 0.843 bits per heavy atom. The highest BCUT2D eigenvalue weighted by atomic mass is 15.1. The maximum absolute atomic E-state index is 4.27. The Labute approximate surface area is 414 Å². The van der Waals surface area contributed by atoms with Crippen molar-refractivity contribution in [1.29, 1.82) is 0 Å². The number of rotatable bonds is 12. The summed E-state index contributed by atoms with van der Waals surface area (Å²) in [6.45, 7) is 19.4. The zero-order chi connectivity index (χ0) is 48.5. The van der Waals surface area contributed by atoms with E-state index in [-0.39, 0.29) is 0 Å². The van der Waals surface area contributed by atoms with E-state index < -0.39 is 0 Å². The van der Waals surface area contributed by atoms with Crippen molar-refractivity contribution < 1.29 is 0 Å². The summed E-state index contributed by atoms with van der Waals surface area (Å²) in [7, 11) is 0. The minimum atomic E-state index is 1.09. The van der Waals surface area contributed by atoms with Gasteiger partial charge in [-0.2, -0.15) is 0 Å². The van der Waals surface area contributed by atoms with E-state index in [0.29, 0.717) is 0 Å². The van der Waals surface area contributed by atoms with Crippen molar-refractivity contribution in [1.82, 2.24) is 4.57 Å². The maximum atomic E-state index is 4.27. The molecule has 9 aromatic carbocycles. The molecule has 0 saturated heterocycles. The molecule has 0 unspecified atom stereocenters. The number of anilines is 6. The number of aryl methyl sites for hydroxylation is 6. The van der Waals surface area contributed by atoms with Gasteiger partial charge in [-0.25, -0.2) is 0 Å². The van der Waals surface area contributed by atoms with Crippen molar-refractivity contribution in [2.24, 2.45) is 0 Å². The summed E-state index contributed by atoms with van der Waals surface area (Å²) in [5, 5.41) is 1.18. The standard InChI is InChI=1S/C67H59N3/c1-9-15-65-59(10-2)62-18-11-12-21-66(62)70(65)56-17-13-16-51(44-56)67-63(60-40-38-57(42-49(60)7)68(52-30-22-45(3)23-31-52)53-32-24-46(4)25-33-53)19-14-20-64(67)61-41-39-58(43-50(61)8)69(54-34-26-47(5)27-35-54)55-36-28-48(6)29-37-55/h9-44H,2H2,1,3-8H3/b15-9-. The zero-order valence-electron chi connectivity index (χ0n) is 41.3. The van der Waals surface area contributed by atoms with Crippen molar-refractivity contribution in [3.8, 4) is 39.1 Å². The van der Waals surface area contributed by atoms with Crippen LogP contribution in [0.2, 0.25) is 0 Å². The van der Waals surface area contributed by atoms with E-state index in [9.17, 15) is 0 Å². The van der Waals surface area contributed by atoms with Crippen LogP contribution in [0.4, 0.5) is 34.1 Å². The minimum Gasteiger partial charge on any atom is -0.310 e. The number of allylic oxidation sites excluding steroid dienone is 1. The van der Waals surface area contributed by atoms with Crippen molar-refractivity contribution in [2.75, 3.05) is 9.80 Å². The van der Waals surface area contributed by atoms with Crippen LogP contribution in [0.3, 0.4) is 0 Å². The molecule has 342 valence electrons. The fourth-order valence-corrected chi connectivity index (χ4v) is 10.1. The lowest BCUT2D eigenvalue weighted by Gasteiger charge is -2.27. The first kappa shape index (κ1) is 45.4. The van der Waals surface area contributed by atoms with E-state index in [0.717, 1.165) is 62.1 Å². The van der Waals surface area contributed by atoms with Crippen LogP contribution in [-0.4, -0.2) is 4.57 Å². The van der Waals surface area contributed by atoms with Crippen LogP contribution >= 0.6 is 0 Å². The molecule has 1 heterocycles. The summed E-state index contributed by atoms with van der Waals surface area (Å²) in [4.78, 5) is 4.72. The van der Waals surface area contributed by atoms with Crippen LogP contribution in [-0.2, 0) is 0 Å². The molecular weight excluding hydrogens is 847 g/mol. The summed E-state index contributed by atoms with van der Waals surface area (Å²) in [6, 6.07) is 73.7. The topological polar surface area (TPSA) is 11.4 Å². The Morgan fingerprint density at radius 1 is 0.414 bits per heavy atom. The van der Waals surface area contributed by atoms with E-state index in [4.69, 9.17) is 0 Å².